The fourth-order valence-corrected chi connectivity index (χ4v) is 1.92. The van der Waals surface area contributed by atoms with Crippen LogP contribution in [0.3, 0.4) is 0 Å². The third-order valence-electron chi connectivity index (χ3n) is 2.52. The van der Waals surface area contributed by atoms with Gasteiger partial charge in [-0.15, -0.1) is 0 Å². The molecule has 1 rings (SSSR count). The minimum absolute atomic E-state index is 0.209. The van der Waals surface area contributed by atoms with Crippen LogP contribution in [-0.4, -0.2) is 19.4 Å². The molecule has 0 aromatic heterocycles. The van der Waals surface area contributed by atoms with Gasteiger partial charge in [0.2, 0.25) is 5.91 Å². The number of alkyl halides is 3. The van der Waals surface area contributed by atoms with Crippen LogP contribution in [0.15, 0.2) is 30.3 Å². The van der Waals surface area contributed by atoms with E-state index in [4.69, 9.17) is 0 Å². The van der Waals surface area contributed by atoms with Crippen LogP contribution in [0, 0.1) is 0 Å². The second-order valence-electron chi connectivity index (χ2n) is 3.82. The molecule has 1 amide bonds. The molecule has 6 heteroatoms. The quantitative estimate of drug-likeness (QED) is 0.553. The summed E-state index contributed by atoms with van der Waals surface area (Å²) >= 11 is 9.50. The van der Waals surface area contributed by atoms with Gasteiger partial charge < -0.3 is 10.4 Å². The Balaban J connectivity index is 2.76. The van der Waals surface area contributed by atoms with Crippen LogP contribution in [-0.2, 0) is 4.79 Å². The number of halogens is 3. The molecule has 0 heterocycles. The molecule has 1 aromatic rings. The highest BCUT2D eigenvalue weighted by atomic mass is 80.0. The Morgan fingerprint density at radius 3 is 2.33 bits per heavy atom. The molecule has 0 saturated carbocycles. The van der Waals surface area contributed by atoms with Crippen molar-refractivity contribution in [2.75, 3.05) is 0 Å². The Morgan fingerprint density at radius 2 is 1.89 bits per heavy atom. The third kappa shape index (κ3) is 4.64. The molecule has 0 bridgehead atoms. The maximum absolute atomic E-state index is 12.1. The van der Waals surface area contributed by atoms with Gasteiger partial charge in [0.15, 0.2) is 8.37 Å². The van der Waals surface area contributed by atoms with E-state index in [1.165, 1.54) is 0 Å². The number of aliphatic hydroxyl groups excluding tert-OH is 1. The standard InChI is InChI=1S/C12H14Br3NO2/c1-2-9(8-6-4-3-5-7-8)10(17)16-11(18)12(13,14)15/h3-7,9,11,18H,2H2,1H3,(H,16,17)/t9-,11-/m1/s1. The fourth-order valence-electron chi connectivity index (χ4n) is 1.57. The van der Waals surface area contributed by atoms with Gasteiger partial charge >= 0.3 is 0 Å². The van der Waals surface area contributed by atoms with Crippen molar-refractivity contribution in [3.8, 4) is 0 Å². The van der Waals surface area contributed by atoms with Crippen molar-refractivity contribution >= 4 is 53.7 Å². The van der Waals surface area contributed by atoms with Crippen LogP contribution in [0.5, 0.6) is 0 Å². The molecule has 18 heavy (non-hydrogen) atoms. The molecule has 0 saturated heterocycles. The van der Waals surface area contributed by atoms with Crippen LogP contribution in [0.2, 0.25) is 0 Å². The van der Waals surface area contributed by atoms with Crippen LogP contribution >= 0.6 is 47.8 Å². The Labute approximate surface area is 132 Å². The van der Waals surface area contributed by atoms with E-state index in [-0.39, 0.29) is 11.8 Å². The van der Waals surface area contributed by atoms with E-state index in [0.29, 0.717) is 6.42 Å². The molecule has 0 unspecified atom stereocenters. The van der Waals surface area contributed by atoms with Crippen molar-refractivity contribution in [2.24, 2.45) is 0 Å². The summed E-state index contributed by atoms with van der Waals surface area (Å²) in [4.78, 5) is 12.1. The number of hydrogen-bond acceptors (Lipinski definition) is 2. The average Bonchev–Trinajstić information content (AvgIpc) is 2.30. The smallest absolute Gasteiger partial charge is 0.229 e. The van der Waals surface area contributed by atoms with Gasteiger partial charge in [-0.05, 0) is 12.0 Å². The molecule has 3 nitrogen and oxygen atoms in total. The van der Waals surface area contributed by atoms with Gasteiger partial charge in [0.1, 0.15) is 0 Å². The van der Waals surface area contributed by atoms with Crippen molar-refractivity contribution in [3.63, 3.8) is 0 Å². The predicted octanol–water partition coefficient (Wildman–Crippen LogP) is 3.45. The van der Waals surface area contributed by atoms with Crippen LogP contribution in [0.4, 0.5) is 0 Å². The highest BCUT2D eigenvalue weighted by Gasteiger charge is 2.32. The lowest BCUT2D eigenvalue weighted by Crippen LogP contribution is -2.44. The lowest BCUT2D eigenvalue weighted by atomic mass is 9.96. The number of hydrogen-bond donors (Lipinski definition) is 2. The lowest BCUT2D eigenvalue weighted by Gasteiger charge is -2.24. The summed E-state index contributed by atoms with van der Waals surface area (Å²) in [7, 11) is 0. The van der Waals surface area contributed by atoms with E-state index >= 15 is 0 Å². The molecule has 0 aliphatic rings. The Kier molecular flexibility index (Phi) is 6.30. The van der Waals surface area contributed by atoms with E-state index in [1.807, 2.05) is 37.3 Å². The van der Waals surface area contributed by atoms with Gasteiger partial charge in [-0.25, -0.2) is 0 Å². The highest BCUT2D eigenvalue weighted by Crippen LogP contribution is 2.36. The summed E-state index contributed by atoms with van der Waals surface area (Å²) < 4.78 is -0.919. The lowest BCUT2D eigenvalue weighted by molar-refractivity contribution is -0.125. The highest BCUT2D eigenvalue weighted by molar-refractivity contribution is 9.39. The van der Waals surface area contributed by atoms with Crippen molar-refractivity contribution in [3.05, 3.63) is 35.9 Å². The predicted molar refractivity (Wildman–Crippen MR) is 83.1 cm³/mol. The summed E-state index contributed by atoms with van der Waals surface area (Å²) in [6.45, 7) is 1.94. The van der Waals surface area contributed by atoms with E-state index in [9.17, 15) is 9.90 Å². The maximum atomic E-state index is 12.1. The minimum Gasteiger partial charge on any atom is -0.370 e. The van der Waals surface area contributed by atoms with E-state index < -0.39 is 8.37 Å². The average molecular weight is 444 g/mol. The number of benzene rings is 1. The summed E-state index contributed by atoms with van der Waals surface area (Å²) in [5, 5.41) is 12.3. The molecule has 0 fully saturated rings. The summed E-state index contributed by atoms with van der Waals surface area (Å²) in [6, 6.07) is 9.51. The summed E-state index contributed by atoms with van der Waals surface area (Å²) in [5.74, 6) is -0.477. The SMILES string of the molecule is CC[C@@H](C(=O)N[C@H](O)C(Br)(Br)Br)c1ccccc1. The number of carbonyl (C=O) groups is 1. The monoisotopic (exact) mass is 441 g/mol. The number of carbonyl (C=O) groups excluding carboxylic acids is 1. The molecule has 0 aliphatic carbocycles. The Morgan fingerprint density at radius 1 is 1.33 bits per heavy atom. The molecular formula is C12H14Br3NO2. The van der Waals surface area contributed by atoms with Gasteiger partial charge in [0, 0.05) is 0 Å². The Bertz CT molecular complexity index is 392. The zero-order chi connectivity index (χ0) is 13.8. The zero-order valence-corrected chi connectivity index (χ0v) is 14.5. The van der Waals surface area contributed by atoms with Crippen molar-refractivity contribution in [1.82, 2.24) is 5.32 Å². The van der Waals surface area contributed by atoms with E-state index in [2.05, 4.69) is 53.1 Å². The van der Waals surface area contributed by atoms with Gasteiger partial charge in [0.25, 0.3) is 0 Å². The number of aliphatic hydroxyl groups is 1. The van der Waals surface area contributed by atoms with Crippen molar-refractivity contribution in [2.45, 2.75) is 27.6 Å². The normalized spacial score (nSPS) is 14.9. The molecule has 1 aromatic carbocycles. The van der Waals surface area contributed by atoms with Crippen LogP contribution < -0.4 is 5.32 Å². The van der Waals surface area contributed by atoms with E-state index in [1.54, 1.807) is 0 Å². The fraction of sp³-hybridized carbons (Fsp3) is 0.417. The van der Waals surface area contributed by atoms with Crippen LogP contribution in [0.25, 0.3) is 0 Å². The zero-order valence-electron chi connectivity index (χ0n) is 9.74. The van der Waals surface area contributed by atoms with Crippen molar-refractivity contribution in [1.29, 1.82) is 0 Å². The first kappa shape index (κ1) is 16.1. The molecule has 2 N–H and O–H groups in total. The van der Waals surface area contributed by atoms with E-state index in [0.717, 1.165) is 5.56 Å². The third-order valence-corrected chi connectivity index (χ3v) is 3.82. The number of amides is 1. The first-order valence-electron chi connectivity index (χ1n) is 5.46. The first-order chi connectivity index (χ1) is 8.36. The van der Waals surface area contributed by atoms with Gasteiger partial charge in [-0.1, -0.05) is 85.0 Å². The summed E-state index contributed by atoms with van der Waals surface area (Å²) in [5.41, 5.74) is 0.939. The summed E-state index contributed by atoms with van der Waals surface area (Å²) in [6.07, 6.45) is -0.412. The first-order valence-corrected chi connectivity index (χ1v) is 7.84. The van der Waals surface area contributed by atoms with Gasteiger partial charge in [-0.3, -0.25) is 4.79 Å². The molecule has 0 aliphatic heterocycles. The second-order valence-corrected chi connectivity index (χ2v) is 10.8. The molecule has 0 radical (unpaired) electrons. The second kappa shape index (κ2) is 7.03. The maximum Gasteiger partial charge on any atom is 0.229 e. The van der Waals surface area contributed by atoms with Gasteiger partial charge in [-0.2, -0.15) is 0 Å². The topological polar surface area (TPSA) is 49.3 Å². The largest absolute Gasteiger partial charge is 0.370 e. The number of nitrogens with one attached hydrogen (secondary N) is 1. The molecule has 0 spiro atoms. The number of rotatable bonds is 4. The molecular weight excluding hydrogens is 430 g/mol. The van der Waals surface area contributed by atoms with Crippen LogP contribution in [0.1, 0.15) is 24.8 Å². The van der Waals surface area contributed by atoms with Crippen molar-refractivity contribution < 1.29 is 9.90 Å². The molecule has 100 valence electrons. The molecule has 2 atom stereocenters. The van der Waals surface area contributed by atoms with Gasteiger partial charge in [0.05, 0.1) is 5.92 Å². The Hall–Kier alpha value is 0.0900. The minimum atomic E-state index is -1.08.